The number of benzene rings is 3. The van der Waals surface area contributed by atoms with Crippen LogP contribution in [0.1, 0.15) is 49.3 Å². The summed E-state index contributed by atoms with van der Waals surface area (Å²) in [5.41, 5.74) is 2.86. The number of rotatable bonds is 9. The molecule has 2 nitrogen and oxygen atoms in total. The first-order chi connectivity index (χ1) is 15.6. The maximum atomic E-state index is 15.1. The van der Waals surface area contributed by atoms with E-state index in [1.165, 1.54) is 31.4 Å². The van der Waals surface area contributed by atoms with Gasteiger partial charge in [-0.25, -0.2) is 8.78 Å². The van der Waals surface area contributed by atoms with Gasteiger partial charge >= 0.3 is 0 Å². The first-order valence-electron chi connectivity index (χ1n) is 11.8. The van der Waals surface area contributed by atoms with Crippen LogP contribution >= 0.6 is 0 Å². The Morgan fingerprint density at radius 2 is 1.56 bits per heavy atom. The highest BCUT2D eigenvalue weighted by Gasteiger charge is 2.21. The molecule has 3 aromatic carbocycles. The van der Waals surface area contributed by atoms with Gasteiger partial charge in [-0.1, -0.05) is 62.2 Å². The van der Waals surface area contributed by atoms with Gasteiger partial charge in [0.15, 0.2) is 6.29 Å². The predicted molar refractivity (Wildman–Crippen MR) is 125 cm³/mol. The molecule has 0 unspecified atom stereocenters. The van der Waals surface area contributed by atoms with Gasteiger partial charge in [-0.3, -0.25) is 0 Å². The number of aryl methyl sites for hydroxylation is 3. The molecule has 0 saturated carbocycles. The normalized spacial score (nSPS) is 18.8. The van der Waals surface area contributed by atoms with Crippen LogP contribution in [0.4, 0.5) is 8.78 Å². The number of fused-ring (bicyclic) bond motifs is 1. The second-order valence-corrected chi connectivity index (χ2v) is 8.86. The van der Waals surface area contributed by atoms with Crippen LogP contribution in [0, 0.1) is 17.6 Å². The molecule has 0 spiro atoms. The molecule has 1 aliphatic heterocycles. The van der Waals surface area contributed by atoms with E-state index in [1.807, 2.05) is 24.3 Å². The maximum Gasteiger partial charge on any atom is 0.157 e. The smallest absolute Gasteiger partial charge is 0.157 e. The van der Waals surface area contributed by atoms with Crippen molar-refractivity contribution in [3.63, 3.8) is 0 Å². The Hall–Kier alpha value is -2.30. The third-order valence-electron chi connectivity index (χ3n) is 6.37. The molecule has 1 heterocycles. The molecule has 1 fully saturated rings. The molecule has 170 valence electrons. The monoisotopic (exact) mass is 438 g/mol. The number of unbranched alkanes of at least 4 members (excludes halogenated alkanes) is 1. The van der Waals surface area contributed by atoms with E-state index in [2.05, 4.69) is 13.0 Å². The van der Waals surface area contributed by atoms with Crippen molar-refractivity contribution in [2.24, 2.45) is 5.92 Å². The zero-order chi connectivity index (χ0) is 22.3. The van der Waals surface area contributed by atoms with Crippen molar-refractivity contribution in [3.8, 4) is 0 Å². The fraction of sp³-hybridized carbons (Fsp3) is 0.429. The zero-order valence-corrected chi connectivity index (χ0v) is 18.8. The average Bonchev–Trinajstić information content (AvgIpc) is 2.82. The van der Waals surface area contributed by atoms with Gasteiger partial charge in [-0.2, -0.15) is 0 Å². The van der Waals surface area contributed by atoms with Crippen LogP contribution in [0.3, 0.4) is 0 Å². The molecule has 0 bridgehead atoms. The first-order valence-corrected chi connectivity index (χ1v) is 11.8. The minimum atomic E-state index is -0.251. The summed E-state index contributed by atoms with van der Waals surface area (Å²) in [6, 6.07) is 16.2. The van der Waals surface area contributed by atoms with Gasteiger partial charge in [-0.15, -0.1) is 0 Å². The third kappa shape index (κ3) is 5.93. The average molecular weight is 439 g/mol. The Kier molecular flexibility index (Phi) is 7.88. The fourth-order valence-corrected chi connectivity index (χ4v) is 4.36. The van der Waals surface area contributed by atoms with Gasteiger partial charge in [0, 0.05) is 17.7 Å². The van der Waals surface area contributed by atoms with E-state index in [0.717, 1.165) is 42.6 Å². The lowest BCUT2D eigenvalue weighted by molar-refractivity contribution is -0.203. The van der Waals surface area contributed by atoms with E-state index >= 15 is 4.39 Å². The number of halogens is 2. The highest BCUT2D eigenvalue weighted by Crippen LogP contribution is 2.25. The van der Waals surface area contributed by atoms with Crippen LogP contribution in [0.25, 0.3) is 10.8 Å². The molecule has 1 saturated heterocycles. The summed E-state index contributed by atoms with van der Waals surface area (Å²) in [5, 5.41) is 1.56. The van der Waals surface area contributed by atoms with Crippen LogP contribution in [0.15, 0.2) is 54.6 Å². The van der Waals surface area contributed by atoms with Crippen LogP contribution in [0.2, 0.25) is 0 Å². The van der Waals surface area contributed by atoms with Crippen molar-refractivity contribution < 1.29 is 18.3 Å². The third-order valence-corrected chi connectivity index (χ3v) is 6.37. The van der Waals surface area contributed by atoms with Crippen molar-refractivity contribution in [1.29, 1.82) is 0 Å². The Morgan fingerprint density at radius 3 is 2.31 bits per heavy atom. The number of ether oxygens (including phenoxy) is 2. The van der Waals surface area contributed by atoms with Crippen LogP contribution < -0.4 is 0 Å². The Balaban J connectivity index is 1.33. The summed E-state index contributed by atoms with van der Waals surface area (Å²) in [7, 11) is 0. The van der Waals surface area contributed by atoms with Crippen LogP contribution in [0.5, 0.6) is 0 Å². The van der Waals surface area contributed by atoms with E-state index in [-0.39, 0.29) is 17.9 Å². The Morgan fingerprint density at radius 1 is 0.812 bits per heavy atom. The zero-order valence-electron chi connectivity index (χ0n) is 18.8. The van der Waals surface area contributed by atoms with E-state index in [9.17, 15) is 4.39 Å². The maximum absolute atomic E-state index is 15.1. The summed E-state index contributed by atoms with van der Waals surface area (Å²) >= 11 is 0. The summed E-state index contributed by atoms with van der Waals surface area (Å²) in [4.78, 5) is 0. The molecule has 0 atom stereocenters. The van der Waals surface area contributed by atoms with Gasteiger partial charge in [0.25, 0.3) is 0 Å². The molecular weight excluding hydrogens is 406 g/mol. The molecular formula is C28H32F2O2. The molecule has 0 aromatic heterocycles. The van der Waals surface area contributed by atoms with Gasteiger partial charge in [0.1, 0.15) is 11.6 Å². The summed E-state index contributed by atoms with van der Waals surface area (Å²) in [6.07, 6.45) is 6.38. The van der Waals surface area contributed by atoms with Gasteiger partial charge in [-0.05, 0) is 59.9 Å². The molecule has 0 amide bonds. The molecule has 0 radical (unpaired) electrons. The highest BCUT2D eigenvalue weighted by molar-refractivity contribution is 5.84. The number of hydrogen-bond donors (Lipinski definition) is 0. The topological polar surface area (TPSA) is 18.5 Å². The fourth-order valence-electron chi connectivity index (χ4n) is 4.36. The van der Waals surface area contributed by atoms with Crippen LogP contribution in [-0.4, -0.2) is 19.5 Å². The van der Waals surface area contributed by atoms with Crippen molar-refractivity contribution >= 4 is 10.8 Å². The Labute approximate surface area is 189 Å². The number of hydrogen-bond acceptors (Lipinski definition) is 2. The highest BCUT2D eigenvalue weighted by atomic mass is 19.1. The largest absolute Gasteiger partial charge is 0.352 e. The second kappa shape index (κ2) is 11.0. The van der Waals surface area contributed by atoms with E-state index < -0.39 is 0 Å². The van der Waals surface area contributed by atoms with Crippen LogP contribution in [-0.2, 0) is 28.7 Å². The molecule has 32 heavy (non-hydrogen) atoms. The lowest BCUT2D eigenvalue weighted by atomic mass is 9.98. The predicted octanol–water partition coefficient (Wildman–Crippen LogP) is 7.02. The molecule has 0 N–H and O–H groups in total. The van der Waals surface area contributed by atoms with E-state index in [1.54, 1.807) is 12.1 Å². The van der Waals surface area contributed by atoms with E-state index in [0.29, 0.717) is 29.7 Å². The van der Waals surface area contributed by atoms with Gasteiger partial charge < -0.3 is 9.47 Å². The Bertz CT molecular complexity index is 1010. The molecule has 4 rings (SSSR count). The van der Waals surface area contributed by atoms with Crippen molar-refractivity contribution in [1.82, 2.24) is 0 Å². The first kappa shape index (κ1) is 22.9. The SMILES string of the molecule is CCCCC1COC(CCc2ccc3c(F)c(CCc4ccc(F)cc4)ccc3c2)OC1. The van der Waals surface area contributed by atoms with Crippen molar-refractivity contribution in [2.75, 3.05) is 13.2 Å². The lowest BCUT2D eigenvalue weighted by Gasteiger charge is -2.29. The molecule has 0 aliphatic carbocycles. The second-order valence-electron chi connectivity index (χ2n) is 8.86. The molecule has 3 aromatic rings. The quantitative estimate of drug-likeness (QED) is 0.358. The molecule has 1 aliphatic rings. The summed E-state index contributed by atoms with van der Waals surface area (Å²) < 4.78 is 39.9. The summed E-state index contributed by atoms with van der Waals surface area (Å²) in [6.45, 7) is 3.78. The lowest BCUT2D eigenvalue weighted by Crippen LogP contribution is -2.32. The van der Waals surface area contributed by atoms with E-state index in [4.69, 9.17) is 9.47 Å². The summed E-state index contributed by atoms with van der Waals surface area (Å²) in [5.74, 6) is 0.111. The van der Waals surface area contributed by atoms with Gasteiger partial charge in [0.2, 0.25) is 0 Å². The standard InChI is InChI=1S/C28H32F2O2/c1-2-3-4-22-18-31-27(32-19-22)16-9-21-8-15-26-24(17-21)12-11-23(28(26)30)10-5-20-6-13-25(29)14-7-20/h6-8,11-15,17,22,27H,2-5,9-10,16,18-19H2,1H3. The minimum absolute atomic E-state index is 0.144. The van der Waals surface area contributed by atoms with Crippen molar-refractivity contribution in [3.05, 3.63) is 82.9 Å². The van der Waals surface area contributed by atoms with Gasteiger partial charge in [0.05, 0.1) is 13.2 Å². The molecule has 4 heteroatoms. The van der Waals surface area contributed by atoms with Crippen molar-refractivity contribution in [2.45, 2.75) is 58.2 Å². The minimum Gasteiger partial charge on any atom is -0.352 e.